The Hall–Kier alpha value is -1.71. The molecular weight excluding hydrogens is 628 g/mol. The summed E-state index contributed by atoms with van der Waals surface area (Å²) in [6.07, 6.45) is -23.0. The molecule has 0 radical (unpaired) electrons. The summed E-state index contributed by atoms with van der Waals surface area (Å²) in [5.41, 5.74) is 0. The van der Waals surface area contributed by atoms with E-state index in [2.05, 4.69) is 14.8 Å². The van der Waals surface area contributed by atoms with Gasteiger partial charge in [0.05, 0.1) is 19.8 Å². The molecule has 22 heteroatoms. The first-order valence-electron chi connectivity index (χ1n) is 13.2. The SMILES string of the molecule is CC(=O)N[C@H]1[C@H](O[C@H]2[C@H](O)[C@@H](NC(C)=O)[C@H](O[C@H]3[C@@H](O)[C@H](O)[C@@H](CO)O[C@@H]3O)O[C@@H]2CO)O[C@H](CO)[C@H](OS(=O)(=O)O)[C@@H]1O. The maximum Gasteiger partial charge on any atom is 0.397 e. The lowest BCUT2D eigenvalue weighted by atomic mass is 9.94. The van der Waals surface area contributed by atoms with E-state index >= 15 is 0 Å². The number of rotatable bonds is 11. The van der Waals surface area contributed by atoms with Gasteiger partial charge < -0.3 is 75.2 Å². The van der Waals surface area contributed by atoms with Gasteiger partial charge in [-0.2, -0.15) is 8.42 Å². The molecule has 0 unspecified atom stereocenters. The van der Waals surface area contributed by atoms with E-state index < -0.39 is 134 Å². The molecule has 21 nitrogen and oxygen atoms in total. The lowest BCUT2D eigenvalue weighted by Gasteiger charge is -2.49. The molecule has 0 aliphatic carbocycles. The predicted octanol–water partition coefficient (Wildman–Crippen LogP) is -7.46. The number of amides is 2. The zero-order valence-electron chi connectivity index (χ0n) is 23.3. The summed E-state index contributed by atoms with van der Waals surface area (Å²) in [6.45, 7) is -0.623. The number of carbonyl (C=O) groups excluding carboxylic acids is 2. The van der Waals surface area contributed by atoms with Gasteiger partial charge in [-0.15, -0.1) is 0 Å². The van der Waals surface area contributed by atoms with Gasteiger partial charge in [0.15, 0.2) is 18.9 Å². The second-order valence-electron chi connectivity index (χ2n) is 10.3. The van der Waals surface area contributed by atoms with E-state index in [0.717, 1.165) is 13.8 Å². The minimum atomic E-state index is -5.20. The molecule has 44 heavy (non-hydrogen) atoms. The van der Waals surface area contributed by atoms with E-state index in [1.54, 1.807) is 0 Å². The number of ether oxygens (including phenoxy) is 5. The van der Waals surface area contributed by atoms with Crippen molar-refractivity contribution in [2.75, 3.05) is 19.8 Å². The third-order valence-electron chi connectivity index (χ3n) is 7.10. The largest absolute Gasteiger partial charge is 0.397 e. The number of aliphatic hydroxyl groups is 8. The van der Waals surface area contributed by atoms with Crippen molar-refractivity contribution in [1.82, 2.24) is 10.6 Å². The first kappa shape index (κ1) is 36.8. The molecule has 0 aromatic rings. The Morgan fingerprint density at radius 2 is 1.09 bits per heavy atom. The van der Waals surface area contributed by atoms with Crippen LogP contribution < -0.4 is 10.6 Å². The summed E-state index contributed by atoms with van der Waals surface area (Å²) in [4.78, 5) is 23.9. The molecule has 3 rings (SSSR count). The van der Waals surface area contributed by atoms with E-state index in [-0.39, 0.29) is 0 Å². The first-order chi connectivity index (χ1) is 20.5. The van der Waals surface area contributed by atoms with Crippen molar-refractivity contribution in [2.45, 2.75) is 106 Å². The Kier molecular flexibility index (Phi) is 12.7. The summed E-state index contributed by atoms with van der Waals surface area (Å²) >= 11 is 0. The van der Waals surface area contributed by atoms with Crippen LogP contribution in [0.25, 0.3) is 0 Å². The molecule has 0 spiro atoms. The Bertz CT molecular complexity index is 1080. The topological polar surface area (TPSA) is 330 Å². The van der Waals surface area contributed by atoms with Crippen molar-refractivity contribution in [3.63, 3.8) is 0 Å². The Morgan fingerprint density at radius 3 is 1.52 bits per heavy atom. The van der Waals surface area contributed by atoms with Crippen LogP contribution in [0.5, 0.6) is 0 Å². The van der Waals surface area contributed by atoms with Gasteiger partial charge in [-0.05, 0) is 0 Å². The first-order valence-corrected chi connectivity index (χ1v) is 14.6. The molecule has 2 amide bonds. The van der Waals surface area contributed by atoms with Crippen molar-refractivity contribution >= 4 is 22.2 Å². The van der Waals surface area contributed by atoms with Crippen LogP contribution in [0.3, 0.4) is 0 Å². The smallest absolute Gasteiger partial charge is 0.394 e. The van der Waals surface area contributed by atoms with Gasteiger partial charge in [0.2, 0.25) is 11.8 Å². The number of nitrogens with one attached hydrogen (secondary N) is 2. The number of carbonyl (C=O) groups is 2. The molecule has 3 heterocycles. The highest BCUT2D eigenvalue weighted by atomic mass is 32.3. The normalized spacial score (nSPS) is 43.3. The van der Waals surface area contributed by atoms with Crippen LogP contribution in [0.2, 0.25) is 0 Å². The maximum atomic E-state index is 12.0. The summed E-state index contributed by atoms with van der Waals surface area (Å²) in [5, 5.41) is 86.8. The van der Waals surface area contributed by atoms with Crippen LogP contribution in [-0.2, 0) is 47.9 Å². The number of hydrogen-bond donors (Lipinski definition) is 11. The zero-order valence-corrected chi connectivity index (χ0v) is 24.1. The zero-order chi connectivity index (χ0) is 33.1. The van der Waals surface area contributed by atoms with Crippen molar-refractivity contribution < 1.29 is 91.3 Å². The van der Waals surface area contributed by atoms with Gasteiger partial charge in [-0.25, -0.2) is 4.18 Å². The second kappa shape index (κ2) is 15.3. The molecule has 3 fully saturated rings. The Morgan fingerprint density at radius 1 is 0.659 bits per heavy atom. The fourth-order valence-corrected chi connectivity index (χ4v) is 5.62. The molecule has 3 aliphatic heterocycles. The second-order valence-corrected chi connectivity index (χ2v) is 11.4. The van der Waals surface area contributed by atoms with Gasteiger partial charge in [0.1, 0.15) is 73.1 Å². The van der Waals surface area contributed by atoms with E-state index in [0.29, 0.717) is 0 Å². The average molecular weight is 667 g/mol. The molecule has 3 saturated heterocycles. The number of hydrogen-bond acceptors (Lipinski definition) is 18. The molecule has 256 valence electrons. The van der Waals surface area contributed by atoms with Gasteiger partial charge >= 0.3 is 10.4 Å². The summed E-state index contributed by atoms with van der Waals surface area (Å²) in [6, 6.07) is -3.27. The van der Waals surface area contributed by atoms with Gasteiger partial charge in [0.25, 0.3) is 0 Å². The quantitative estimate of drug-likeness (QED) is 0.0912. The van der Waals surface area contributed by atoms with Gasteiger partial charge in [0, 0.05) is 13.8 Å². The fraction of sp³-hybridized carbons (Fsp3) is 0.909. The van der Waals surface area contributed by atoms with Crippen molar-refractivity contribution in [3.05, 3.63) is 0 Å². The van der Waals surface area contributed by atoms with Crippen LogP contribution in [-0.4, -0.2) is 177 Å². The summed E-state index contributed by atoms with van der Waals surface area (Å²) in [7, 11) is -5.20. The van der Waals surface area contributed by atoms with E-state index in [9.17, 15) is 58.9 Å². The van der Waals surface area contributed by atoms with Crippen LogP contribution >= 0.6 is 0 Å². The van der Waals surface area contributed by atoms with Crippen LogP contribution in [0.4, 0.5) is 0 Å². The van der Waals surface area contributed by atoms with E-state index in [1.807, 2.05) is 0 Å². The maximum absolute atomic E-state index is 12.0. The van der Waals surface area contributed by atoms with Crippen molar-refractivity contribution in [3.8, 4) is 0 Å². The standard InChI is InChI=1S/C22H38N2O19S/c1-6(28)23-11-14(31)17(9(4-26)39-22(11)42-19-16(33)13(30)8(3-25)38-20(19)34)41-21-12(24-7(2)29)15(32)18(10(5-27)40-21)43-44(35,36)37/h8-22,25-27,30-34H,3-5H2,1-2H3,(H,23,28)(H,24,29)(H,35,36,37)/t8-,9-,10-,11-,12-,13-,14-,15-,16+,17-,18+,19+,20+,21+,22+/m1/s1. The molecule has 0 bridgehead atoms. The van der Waals surface area contributed by atoms with E-state index in [4.69, 9.17) is 28.2 Å². The predicted molar refractivity (Wildman–Crippen MR) is 135 cm³/mol. The third-order valence-corrected chi connectivity index (χ3v) is 7.57. The minimum absolute atomic E-state index is 0.750. The molecule has 0 saturated carbocycles. The Labute approximate surface area is 250 Å². The average Bonchev–Trinajstić information content (AvgIpc) is 2.93. The highest BCUT2D eigenvalue weighted by molar-refractivity contribution is 7.80. The molecule has 11 N–H and O–H groups in total. The lowest BCUT2D eigenvalue weighted by Crippen LogP contribution is -2.70. The minimum Gasteiger partial charge on any atom is -0.394 e. The molecular formula is C22H38N2O19S. The number of aliphatic hydroxyl groups excluding tert-OH is 8. The highest BCUT2D eigenvalue weighted by Crippen LogP contribution is 2.33. The molecule has 0 aromatic heterocycles. The van der Waals surface area contributed by atoms with E-state index in [1.165, 1.54) is 0 Å². The summed E-state index contributed by atoms with van der Waals surface area (Å²) < 4.78 is 63.7. The van der Waals surface area contributed by atoms with Crippen LogP contribution in [0.1, 0.15) is 13.8 Å². The van der Waals surface area contributed by atoms with Crippen LogP contribution in [0, 0.1) is 0 Å². The van der Waals surface area contributed by atoms with Crippen molar-refractivity contribution in [1.29, 1.82) is 0 Å². The fourth-order valence-electron chi connectivity index (χ4n) is 5.10. The van der Waals surface area contributed by atoms with Crippen LogP contribution in [0.15, 0.2) is 0 Å². The monoisotopic (exact) mass is 666 g/mol. The molecule has 0 aromatic carbocycles. The van der Waals surface area contributed by atoms with Gasteiger partial charge in [-0.3, -0.25) is 14.1 Å². The third kappa shape index (κ3) is 8.55. The Balaban J connectivity index is 1.89. The molecule has 3 aliphatic rings. The van der Waals surface area contributed by atoms with Gasteiger partial charge in [-0.1, -0.05) is 0 Å². The molecule has 15 atom stereocenters. The highest BCUT2D eigenvalue weighted by Gasteiger charge is 2.55. The lowest BCUT2D eigenvalue weighted by molar-refractivity contribution is -0.362. The van der Waals surface area contributed by atoms with Crippen molar-refractivity contribution in [2.24, 2.45) is 0 Å². The summed E-state index contributed by atoms with van der Waals surface area (Å²) in [5.74, 6) is -1.54.